The van der Waals surface area contributed by atoms with Gasteiger partial charge in [0.05, 0.1) is 6.04 Å². The van der Waals surface area contributed by atoms with Crippen LogP contribution in [0.5, 0.6) is 0 Å². The topological polar surface area (TPSA) is 15.3 Å². The molecule has 1 aromatic carbocycles. The third-order valence-electron chi connectivity index (χ3n) is 3.70. The van der Waals surface area contributed by atoms with Gasteiger partial charge in [-0.25, -0.2) is 4.39 Å². The third kappa shape index (κ3) is 4.57. The van der Waals surface area contributed by atoms with E-state index in [1.807, 2.05) is 37.2 Å². The van der Waals surface area contributed by atoms with Gasteiger partial charge in [-0.3, -0.25) is 0 Å². The second-order valence-electron chi connectivity index (χ2n) is 5.58. The summed E-state index contributed by atoms with van der Waals surface area (Å²) < 4.78 is 13.0. The first-order valence-corrected chi connectivity index (χ1v) is 7.27. The molecule has 0 radical (unpaired) electrons. The van der Waals surface area contributed by atoms with Gasteiger partial charge in [-0.1, -0.05) is 36.9 Å². The Bertz CT molecular complexity index is 529. The molecule has 2 nitrogen and oxygen atoms in total. The zero-order valence-corrected chi connectivity index (χ0v) is 12.7. The number of halogens is 1. The zero-order chi connectivity index (χ0) is 15.2. The van der Waals surface area contributed by atoms with Gasteiger partial charge in [0.15, 0.2) is 0 Å². The number of nitrogens with zero attached hydrogens (tertiary/aromatic N) is 1. The van der Waals surface area contributed by atoms with Crippen molar-refractivity contribution in [3.05, 3.63) is 72.2 Å². The molecule has 3 heteroatoms. The maximum Gasteiger partial charge on any atom is 0.123 e. The van der Waals surface area contributed by atoms with Gasteiger partial charge < -0.3 is 10.2 Å². The van der Waals surface area contributed by atoms with Crippen molar-refractivity contribution in [1.82, 2.24) is 10.2 Å². The largest absolute Gasteiger partial charge is 0.378 e. The first kappa shape index (κ1) is 15.5. The van der Waals surface area contributed by atoms with Gasteiger partial charge in [-0.05, 0) is 36.6 Å². The fourth-order valence-corrected chi connectivity index (χ4v) is 2.32. The molecule has 2 atom stereocenters. The van der Waals surface area contributed by atoms with Crippen molar-refractivity contribution in [2.75, 3.05) is 14.1 Å². The van der Waals surface area contributed by atoms with Crippen LogP contribution in [0.1, 0.15) is 24.4 Å². The highest BCUT2D eigenvalue weighted by molar-refractivity contribution is 5.25. The van der Waals surface area contributed by atoms with Crippen LogP contribution in [0.3, 0.4) is 0 Å². The van der Waals surface area contributed by atoms with Crippen LogP contribution in [-0.2, 0) is 0 Å². The van der Waals surface area contributed by atoms with Crippen molar-refractivity contribution in [3.8, 4) is 0 Å². The number of nitrogens with one attached hydrogen (secondary N) is 1. The Kier molecular flexibility index (Phi) is 5.34. The van der Waals surface area contributed by atoms with E-state index in [4.69, 9.17) is 0 Å². The Morgan fingerprint density at radius 3 is 2.76 bits per heavy atom. The van der Waals surface area contributed by atoms with Crippen molar-refractivity contribution in [2.24, 2.45) is 0 Å². The lowest BCUT2D eigenvalue weighted by molar-refractivity contribution is 0.462. The van der Waals surface area contributed by atoms with Crippen LogP contribution < -0.4 is 5.32 Å². The standard InChI is InChI=1S/C18H23FN2/c1-14(21(2)3)6-4-7-17-8-5-9-18(20-17)15-10-12-16(19)13-11-15/h4-6,9-13,17-18,20H,1,7-8H2,2-3H3/b6-4-/t17-,18-/m0/s1. The molecule has 0 bridgehead atoms. The van der Waals surface area contributed by atoms with Gasteiger partial charge in [0.2, 0.25) is 0 Å². The predicted molar refractivity (Wildman–Crippen MR) is 86.4 cm³/mol. The second kappa shape index (κ2) is 7.23. The minimum atomic E-state index is -0.194. The van der Waals surface area contributed by atoms with Crippen molar-refractivity contribution < 1.29 is 4.39 Å². The molecule has 2 rings (SSSR count). The smallest absolute Gasteiger partial charge is 0.123 e. The maximum absolute atomic E-state index is 13.0. The van der Waals surface area contributed by atoms with Gasteiger partial charge >= 0.3 is 0 Å². The van der Waals surface area contributed by atoms with Crippen LogP contribution in [0.25, 0.3) is 0 Å². The fraction of sp³-hybridized carbons (Fsp3) is 0.333. The Labute approximate surface area is 126 Å². The number of allylic oxidation sites excluding steroid dienone is 1. The third-order valence-corrected chi connectivity index (χ3v) is 3.70. The number of rotatable bonds is 5. The summed E-state index contributed by atoms with van der Waals surface area (Å²) >= 11 is 0. The Balaban J connectivity index is 1.92. The molecule has 0 aromatic heterocycles. The molecule has 0 fully saturated rings. The molecule has 1 aliphatic rings. The van der Waals surface area contributed by atoms with E-state index in [0.29, 0.717) is 6.04 Å². The summed E-state index contributed by atoms with van der Waals surface area (Å²) in [7, 11) is 3.97. The van der Waals surface area contributed by atoms with E-state index >= 15 is 0 Å². The number of hydrogen-bond acceptors (Lipinski definition) is 2. The first-order chi connectivity index (χ1) is 10.1. The summed E-state index contributed by atoms with van der Waals surface area (Å²) in [6.45, 7) is 3.98. The van der Waals surface area contributed by atoms with E-state index in [0.717, 1.165) is 24.1 Å². The molecular weight excluding hydrogens is 263 g/mol. The first-order valence-electron chi connectivity index (χ1n) is 7.27. The average molecular weight is 286 g/mol. The molecule has 0 saturated heterocycles. The summed E-state index contributed by atoms with van der Waals surface area (Å²) in [5.74, 6) is -0.194. The quantitative estimate of drug-likeness (QED) is 0.654. The molecule has 0 unspecified atom stereocenters. The van der Waals surface area contributed by atoms with Gasteiger partial charge in [0.1, 0.15) is 5.82 Å². The molecule has 1 N–H and O–H groups in total. The molecule has 0 saturated carbocycles. The lowest BCUT2D eigenvalue weighted by Gasteiger charge is -2.26. The summed E-state index contributed by atoms with van der Waals surface area (Å²) in [5.41, 5.74) is 2.09. The Hall–Kier alpha value is -1.87. The monoisotopic (exact) mass is 286 g/mol. The SMILES string of the molecule is C=C(/C=C\C[C@H]1CC=C[C@@H](c2ccc(F)cc2)N1)N(C)C. The summed E-state index contributed by atoms with van der Waals surface area (Å²) in [6, 6.07) is 7.25. The summed E-state index contributed by atoms with van der Waals surface area (Å²) in [5, 5.41) is 3.59. The van der Waals surface area contributed by atoms with Gasteiger partial charge in [0.25, 0.3) is 0 Å². The van der Waals surface area contributed by atoms with E-state index in [2.05, 4.69) is 30.1 Å². The van der Waals surface area contributed by atoms with Crippen LogP contribution in [0.2, 0.25) is 0 Å². The van der Waals surface area contributed by atoms with Crippen LogP contribution in [0, 0.1) is 5.82 Å². The van der Waals surface area contributed by atoms with Gasteiger partial charge in [-0.2, -0.15) is 0 Å². The van der Waals surface area contributed by atoms with Crippen molar-refractivity contribution in [1.29, 1.82) is 0 Å². The van der Waals surface area contributed by atoms with E-state index < -0.39 is 0 Å². The van der Waals surface area contributed by atoms with E-state index in [1.54, 1.807) is 0 Å². The summed E-state index contributed by atoms with van der Waals surface area (Å²) in [6.07, 6.45) is 10.5. The normalized spacial score (nSPS) is 21.7. The second-order valence-corrected chi connectivity index (χ2v) is 5.58. The molecule has 1 aliphatic heterocycles. The zero-order valence-electron chi connectivity index (χ0n) is 12.7. The molecule has 1 aromatic rings. The predicted octanol–water partition coefficient (Wildman–Crippen LogP) is 3.81. The highest BCUT2D eigenvalue weighted by Gasteiger charge is 2.17. The Morgan fingerprint density at radius 1 is 1.38 bits per heavy atom. The lowest BCUT2D eigenvalue weighted by Crippen LogP contribution is -2.33. The maximum atomic E-state index is 13.0. The van der Waals surface area contributed by atoms with Gasteiger partial charge in [-0.15, -0.1) is 0 Å². The van der Waals surface area contributed by atoms with Crippen molar-refractivity contribution in [3.63, 3.8) is 0 Å². The number of likely N-dealkylation sites (N-methyl/N-ethyl adjacent to an activating group) is 1. The Morgan fingerprint density at radius 2 is 2.10 bits per heavy atom. The highest BCUT2D eigenvalue weighted by atomic mass is 19.1. The number of benzene rings is 1. The average Bonchev–Trinajstić information content (AvgIpc) is 2.48. The molecule has 0 spiro atoms. The molecular formula is C18H23FN2. The van der Waals surface area contributed by atoms with E-state index in [1.165, 1.54) is 12.1 Å². The van der Waals surface area contributed by atoms with Crippen LogP contribution in [-0.4, -0.2) is 25.0 Å². The van der Waals surface area contributed by atoms with Crippen LogP contribution in [0.4, 0.5) is 4.39 Å². The molecule has 0 amide bonds. The van der Waals surface area contributed by atoms with Crippen molar-refractivity contribution >= 4 is 0 Å². The summed E-state index contributed by atoms with van der Waals surface area (Å²) in [4.78, 5) is 1.99. The molecule has 21 heavy (non-hydrogen) atoms. The van der Waals surface area contributed by atoms with E-state index in [9.17, 15) is 4.39 Å². The van der Waals surface area contributed by atoms with E-state index in [-0.39, 0.29) is 11.9 Å². The lowest BCUT2D eigenvalue weighted by atomic mass is 9.98. The molecule has 112 valence electrons. The number of hydrogen-bond donors (Lipinski definition) is 1. The van der Waals surface area contributed by atoms with Crippen LogP contribution in [0.15, 0.2) is 60.8 Å². The van der Waals surface area contributed by atoms with Gasteiger partial charge in [0, 0.05) is 25.8 Å². The van der Waals surface area contributed by atoms with Crippen LogP contribution >= 0.6 is 0 Å². The highest BCUT2D eigenvalue weighted by Crippen LogP contribution is 2.21. The molecule has 0 aliphatic carbocycles. The molecule has 1 heterocycles. The minimum absolute atomic E-state index is 0.162. The minimum Gasteiger partial charge on any atom is -0.378 e. The van der Waals surface area contributed by atoms with Crippen molar-refractivity contribution in [2.45, 2.75) is 24.9 Å². The fourth-order valence-electron chi connectivity index (χ4n) is 2.32.